The van der Waals surface area contributed by atoms with E-state index in [0.29, 0.717) is 23.6 Å². The summed E-state index contributed by atoms with van der Waals surface area (Å²) >= 11 is 2.22. The van der Waals surface area contributed by atoms with Gasteiger partial charge in [-0.25, -0.2) is 4.98 Å². The molecule has 0 atom stereocenters. The number of amides is 1. The number of nitrogens with one attached hydrogen (secondary N) is 3. The average Bonchev–Trinajstić information content (AvgIpc) is 3.25. The van der Waals surface area contributed by atoms with Crippen LogP contribution in [0.25, 0.3) is 0 Å². The fourth-order valence-corrected chi connectivity index (χ4v) is 5.57. The number of hydrogen-bond donors (Lipinski definition) is 3. The number of carbonyl (C=O) groups excluding carboxylic acids is 1. The summed E-state index contributed by atoms with van der Waals surface area (Å²) in [7, 11) is 2.07. The minimum absolute atomic E-state index is 0.198. The monoisotopic (exact) mass is 600 g/mol. The van der Waals surface area contributed by atoms with E-state index >= 15 is 0 Å². The fourth-order valence-electron chi connectivity index (χ4n) is 5.18. The maximum absolute atomic E-state index is 12.7. The van der Waals surface area contributed by atoms with Crippen LogP contribution in [0.1, 0.15) is 41.1 Å². The number of piperidine rings is 1. The van der Waals surface area contributed by atoms with E-state index in [0.717, 1.165) is 65.4 Å². The second-order valence-electron chi connectivity index (χ2n) is 10.1. The third-order valence-electron chi connectivity index (χ3n) is 7.22. The van der Waals surface area contributed by atoms with Gasteiger partial charge in [-0.3, -0.25) is 9.89 Å². The number of aromatic nitrogens is 4. The highest BCUT2D eigenvalue weighted by Gasteiger charge is 2.35. The van der Waals surface area contributed by atoms with Crippen LogP contribution < -0.4 is 10.6 Å². The molecule has 36 heavy (non-hydrogen) atoms. The summed E-state index contributed by atoms with van der Waals surface area (Å²) in [5, 5.41) is 13.8. The molecule has 2 aromatic heterocycles. The second-order valence-corrected chi connectivity index (χ2v) is 11.3. The molecular weight excluding hydrogens is 567 g/mol. The molecule has 5 rings (SSSR count). The summed E-state index contributed by atoms with van der Waals surface area (Å²) in [5.41, 5.74) is 5.78. The number of halogens is 1. The Hall–Kier alpha value is -2.73. The Morgan fingerprint density at radius 3 is 2.50 bits per heavy atom. The van der Waals surface area contributed by atoms with E-state index < -0.39 is 0 Å². The lowest BCUT2D eigenvalue weighted by Gasteiger charge is -2.40. The van der Waals surface area contributed by atoms with Crippen molar-refractivity contribution in [2.75, 3.05) is 43.9 Å². The zero-order chi connectivity index (χ0) is 25.4. The molecular formula is C26H33IN8O. The van der Waals surface area contributed by atoms with Gasteiger partial charge in [-0.05, 0) is 91.9 Å². The van der Waals surface area contributed by atoms with Crippen molar-refractivity contribution in [1.29, 1.82) is 0 Å². The molecule has 3 N–H and O–H groups in total. The predicted molar refractivity (Wildman–Crippen MR) is 150 cm³/mol. The van der Waals surface area contributed by atoms with Crippen LogP contribution in [0.5, 0.6) is 0 Å². The summed E-state index contributed by atoms with van der Waals surface area (Å²) < 4.78 is 0.913. The highest BCUT2D eigenvalue weighted by Crippen LogP contribution is 2.34. The SMILES string of the molecule is Cc1cc(Nc2nc(Nc3cc(C)c(C4CCN(C(=O)C5CN(C)C5)CC4)cc3C)ncc2I)n[nH]1. The number of benzene rings is 1. The van der Waals surface area contributed by atoms with Gasteiger partial charge in [0.15, 0.2) is 11.6 Å². The third-order valence-corrected chi connectivity index (χ3v) is 8.01. The van der Waals surface area contributed by atoms with Gasteiger partial charge in [0.05, 0.1) is 9.49 Å². The van der Waals surface area contributed by atoms with Gasteiger partial charge in [0.25, 0.3) is 0 Å². The lowest BCUT2D eigenvalue weighted by molar-refractivity contribution is -0.141. The number of likely N-dealkylation sites (tertiary alicyclic amines) is 2. The van der Waals surface area contributed by atoms with Crippen molar-refractivity contribution in [3.05, 3.63) is 50.4 Å². The standard InChI is InChI=1S/C26H33IN8O/c1-15-10-22(29-26-28-12-21(27)24(31-26)30-23-11-17(3)32-33-23)16(2)9-20(15)18-5-7-35(8-6-18)25(36)19-13-34(4)14-19/h9-12,18-19H,5-8,13-14H2,1-4H3,(H3,28,29,30,31,32,33). The Morgan fingerprint density at radius 1 is 1.08 bits per heavy atom. The highest BCUT2D eigenvalue weighted by atomic mass is 127. The van der Waals surface area contributed by atoms with Crippen LogP contribution in [0.3, 0.4) is 0 Å². The Balaban J connectivity index is 1.25. The smallest absolute Gasteiger partial charge is 0.229 e. The number of nitrogens with zero attached hydrogens (tertiary/aromatic N) is 5. The molecule has 2 aliphatic rings. The molecule has 1 amide bonds. The first-order chi connectivity index (χ1) is 17.3. The van der Waals surface area contributed by atoms with Crippen LogP contribution >= 0.6 is 22.6 Å². The van der Waals surface area contributed by atoms with E-state index in [4.69, 9.17) is 0 Å². The van der Waals surface area contributed by atoms with Crippen molar-refractivity contribution < 1.29 is 4.79 Å². The van der Waals surface area contributed by atoms with Gasteiger partial charge >= 0.3 is 0 Å². The fraction of sp³-hybridized carbons (Fsp3) is 0.462. The normalized spacial score (nSPS) is 17.2. The number of aryl methyl sites for hydroxylation is 3. The topological polar surface area (TPSA) is 102 Å². The van der Waals surface area contributed by atoms with Gasteiger partial charge in [0.2, 0.25) is 11.9 Å². The molecule has 2 saturated heterocycles. The molecule has 0 unspecified atom stereocenters. The maximum atomic E-state index is 12.7. The maximum Gasteiger partial charge on any atom is 0.229 e. The molecule has 0 aliphatic carbocycles. The minimum atomic E-state index is 0.198. The molecule has 9 nitrogen and oxygen atoms in total. The summed E-state index contributed by atoms with van der Waals surface area (Å²) in [6, 6.07) is 6.42. The zero-order valence-corrected chi connectivity index (χ0v) is 23.4. The molecule has 3 aromatic rings. The van der Waals surface area contributed by atoms with Crippen LogP contribution in [0.15, 0.2) is 24.4 Å². The second kappa shape index (κ2) is 10.3. The van der Waals surface area contributed by atoms with Crippen LogP contribution in [-0.4, -0.2) is 69.1 Å². The van der Waals surface area contributed by atoms with Crippen LogP contribution in [0.4, 0.5) is 23.3 Å². The molecule has 0 radical (unpaired) electrons. The summed E-state index contributed by atoms with van der Waals surface area (Å²) in [6.07, 6.45) is 3.83. The highest BCUT2D eigenvalue weighted by molar-refractivity contribution is 14.1. The van der Waals surface area contributed by atoms with Crippen molar-refractivity contribution in [2.45, 2.75) is 39.5 Å². The number of carbonyl (C=O) groups is 1. The van der Waals surface area contributed by atoms with Gasteiger partial charge in [-0.15, -0.1) is 0 Å². The number of hydrogen-bond acceptors (Lipinski definition) is 7. The lowest BCUT2D eigenvalue weighted by Crippen LogP contribution is -2.53. The first kappa shape index (κ1) is 24.9. The molecule has 1 aromatic carbocycles. The van der Waals surface area contributed by atoms with Gasteiger partial charge in [-0.2, -0.15) is 10.1 Å². The molecule has 2 fully saturated rings. The molecule has 10 heteroatoms. The molecule has 0 saturated carbocycles. The van der Waals surface area contributed by atoms with E-state index in [9.17, 15) is 4.79 Å². The van der Waals surface area contributed by atoms with Crippen molar-refractivity contribution >= 4 is 51.8 Å². The van der Waals surface area contributed by atoms with E-state index in [1.54, 1.807) is 6.20 Å². The van der Waals surface area contributed by atoms with Crippen LogP contribution in [0, 0.1) is 30.3 Å². The van der Waals surface area contributed by atoms with E-state index in [2.05, 4.69) is 96.2 Å². The number of aromatic amines is 1. The molecule has 190 valence electrons. The number of H-pyrrole nitrogens is 1. The van der Waals surface area contributed by atoms with Gasteiger partial charge in [-0.1, -0.05) is 6.07 Å². The van der Waals surface area contributed by atoms with Gasteiger partial charge in [0.1, 0.15) is 0 Å². The molecule has 2 aliphatic heterocycles. The third kappa shape index (κ3) is 5.34. The van der Waals surface area contributed by atoms with Crippen LogP contribution in [0.2, 0.25) is 0 Å². The van der Waals surface area contributed by atoms with E-state index in [1.807, 2.05) is 13.0 Å². The summed E-state index contributed by atoms with van der Waals surface area (Å²) in [5.74, 6) is 2.98. The average molecular weight is 601 g/mol. The van der Waals surface area contributed by atoms with Crippen molar-refractivity contribution in [1.82, 2.24) is 30.0 Å². The number of rotatable bonds is 6. The van der Waals surface area contributed by atoms with Crippen molar-refractivity contribution in [3.63, 3.8) is 0 Å². The zero-order valence-electron chi connectivity index (χ0n) is 21.2. The minimum Gasteiger partial charge on any atom is -0.342 e. The first-order valence-electron chi connectivity index (χ1n) is 12.4. The van der Waals surface area contributed by atoms with Crippen molar-refractivity contribution in [2.24, 2.45) is 5.92 Å². The van der Waals surface area contributed by atoms with Crippen LogP contribution in [-0.2, 0) is 4.79 Å². The summed E-state index contributed by atoms with van der Waals surface area (Å²) in [6.45, 7) is 9.75. The molecule has 0 spiro atoms. The Kier molecular flexibility index (Phi) is 7.16. The van der Waals surface area contributed by atoms with Gasteiger partial charge < -0.3 is 20.4 Å². The predicted octanol–water partition coefficient (Wildman–Crippen LogP) is 4.48. The van der Waals surface area contributed by atoms with Gasteiger partial charge in [0, 0.05) is 49.8 Å². The molecule has 0 bridgehead atoms. The number of anilines is 4. The molecule has 4 heterocycles. The van der Waals surface area contributed by atoms with E-state index in [-0.39, 0.29) is 5.92 Å². The largest absolute Gasteiger partial charge is 0.342 e. The Labute approximate surface area is 225 Å². The van der Waals surface area contributed by atoms with Crippen molar-refractivity contribution in [3.8, 4) is 0 Å². The first-order valence-corrected chi connectivity index (χ1v) is 13.5. The Bertz CT molecular complexity index is 1260. The van der Waals surface area contributed by atoms with E-state index in [1.165, 1.54) is 11.1 Å². The summed E-state index contributed by atoms with van der Waals surface area (Å²) in [4.78, 5) is 26.2. The Morgan fingerprint density at radius 2 is 1.83 bits per heavy atom. The quantitative estimate of drug-likeness (QED) is 0.359. The lowest BCUT2D eigenvalue weighted by atomic mass is 9.85.